The summed E-state index contributed by atoms with van der Waals surface area (Å²) in [6.45, 7) is 4.29. The van der Waals surface area contributed by atoms with Crippen molar-refractivity contribution in [2.45, 2.75) is 30.7 Å². The molecule has 0 aliphatic carbocycles. The minimum atomic E-state index is -0.0261. The van der Waals surface area contributed by atoms with E-state index in [0.29, 0.717) is 22.5 Å². The normalized spacial score (nSPS) is 10.3. The molecule has 1 aromatic rings. The Morgan fingerprint density at radius 1 is 1.58 bits per heavy atom. The standard InChI is InChI=1S/C11H16N4O2S2/c1-8(2)17-10-13-14-11(19-10)18-7-9(16)15(3)6-4-5-12/h8H,4,6-7H2,1-3H3. The highest BCUT2D eigenvalue weighted by Crippen LogP contribution is 2.27. The Balaban J connectivity index is 2.38. The zero-order chi connectivity index (χ0) is 14.3. The van der Waals surface area contributed by atoms with E-state index in [0.717, 1.165) is 0 Å². The number of hydrogen-bond acceptors (Lipinski definition) is 7. The molecule has 19 heavy (non-hydrogen) atoms. The van der Waals surface area contributed by atoms with E-state index >= 15 is 0 Å². The molecule has 0 aromatic carbocycles. The van der Waals surface area contributed by atoms with Crippen molar-refractivity contribution in [2.75, 3.05) is 19.3 Å². The number of aromatic nitrogens is 2. The number of ether oxygens (including phenoxy) is 1. The third-order valence-corrected chi connectivity index (χ3v) is 3.96. The number of carbonyl (C=O) groups excluding carboxylic acids is 1. The fourth-order valence-corrected chi connectivity index (χ4v) is 2.83. The van der Waals surface area contributed by atoms with Gasteiger partial charge in [-0.3, -0.25) is 4.79 Å². The van der Waals surface area contributed by atoms with Gasteiger partial charge in [-0.1, -0.05) is 16.9 Å². The summed E-state index contributed by atoms with van der Waals surface area (Å²) in [6, 6.07) is 2.01. The Hall–Kier alpha value is -1.33. The van der Waals surface area contributed by atoms with E-state index in [1.165, 1.54) is 23.1 Å². The van der Waals surface area contributed by atoms with Gasteiger partial charge in [-0.15, -0.1) is 5.10 Å². The van der Waals surface area contributed by atoms with Crippen LogP contribution in [0.4, 0.5) is 0 Å². The van der Waals surface area contributed by atoms with Gasteiger partial charge in [0.05, 0.1) is 24.3 Å². The van der Waals surface area contributed by atoms with Crippen molar-refractivity contribution in [3.8, 4) is 11.3 Å². The highest BCUT2D eigenvalue weighted by atomic mass is 32.2. The fraction of sp³-hybridized carbons (Fsp3) is 0.636. The maximum atomic E-state index is 11.7. The lowest BCUT2D eigenvalue weighted by Crippen LogP contribution is -2.29. The molecule has 0 N–H and O–H groups in total. The first kappa shape index (κ1) is 15.7. The third-order valence-electron chi connectivity index (χ3n) is 2.03. The summed E-state index contributed by atoms with van der Waals surface area (Å²) in [5, 5.41) is 16.8. The molecule has 0 saturated heterocycles. The first-order chi connectivity index (χ1) is 9.02. The van der Waals surface area contributed by atoms with Crippen LogP contribution in [0.25, 0.3) is 0 Å². The predicted octanol–water partition coefficient (Wildman–Crippen LogP) is 1.79. The summed E-state index contributed by atoms with van der Waals surface area (Å²) in [6.07, 6.45) is 0.405. The SMILES string of the molecule is CC(C)Oc1nnc(SCC(=O)N(C)CCC#N)s1. The minimum absolute atomic E-state index is 0.0261. The van der Waals surface area contributed by atoms with Crippen molar-refractivity contribution < 1.29 is 9.53 Å². The number of carbonyl (C=O) groups is 1. The second kappa shape index (κ2) is 7.96. The molecule has 0 aliphatic rings. The van der Waals surface area contributed by atoms with Gasteiger partial charge in [0, 0.05) is 13.6 Å². The summed E-state index contributed by atoms with van der Waals surface area (Å²) >= 11 is 2.66. The topological polar surface area (TPSA) is 79.1 Å². The predicted molar refractivity (Wildman–Crippen MR) is 74.3 cm³/mol. The van der Waals surface area contributed by atoms with Crippen molar-refractivity contribution in [3.05, 3.63) is 0 Å². The zero-order valence-corrected chi connectivity index (χ0v) is 12.8. The molecule has 6 nitrogen and oxygen atoms in total. The second-order valence-electron chi connectivity index (χ2n) is 4.01. The Kier molecular flexibility index (Phi) is 6.59. The number of nitriles is 1. The van der Waals surface area contributed by atoms with Gasteiger partial charge in [0.25, 0.3) is 5.19 Å². The number of amides is 1. The number of thioether (sulfide) groups is 1. The van der Waals surface area contributed by atoms with E-state index in [1.807, 2.05) is 19.9 Å². The molecule has 0 fully saturated rings. The zero-order valence-electron chi connectivity index (χ0n) is 11.1. The molecule has 1 aromatic heterocycles. The van der Waals surface area contributed by atoms with Crippen LogP contribution in [-0.4, -0.2) is 46.5 Å². The molecular formula is C11H16N4O2S2. The lowest BCUT2D eigenvalue weighted by molar-refractivity contribution is -0.127. The van der Waals surface area contributed by atoms with Gasteiger partial charge >= 0.3 is 0 Å². The summed E-state index contributed by atoms with van der Waals surface area (Å²) < 4.78 is 6.11. The lowest BCUT2D eigenvalue weighted by atomic mass is 10.4. The van der Waals surface area contributed by atoms with Gasteiger partial charge in [-0.25, -0.2) is 0 Å². The van der Waals surface area contributed by atoms with E-state index in [1.54, 1.807) is 11.9 Å². The smallest absolute Gasteiger partial charge is 0.295 e. The third kappa shape index (κ3) is 5.89. The van der Waals surface area contributed by atoms with Gasteiger partial charge < -0.3 is 9.64 Å². The fourth-order valence-electron chi connectivity index (χ4n) is 1.08. The molecule has 104 valence electrons. The molecule has 0 unspecified atom stereocenters. The molecule has 1 amide bonds. The van der Waals surface area contributed by atoms with Crippen molar-refractivity contribution in [3.63, 3.8) is 0 Å². The van der Waals surface area contributed by atoms with Gasteiger partial charge in [-0.2, -0.15) is 5.26 Å². The molecule has 1 rings (SSSR count). The van der Waals surface area contributed by atoms with Crippen molar-refractivity contribution in [1.29, 1.82) is 5.26 Å². The number of hydrogen-bond donors (Lipinski definition) is 0. The van der Waals surface area contributed by atoms with Crippen LogP contribution in [0.3, 0.4) is 0 Å². The molecule has 0 aliphatic heterocycles. The first-order valence-electron chi connectivity index (χ1n) is 5.76. The van der Waals surface area contributed by atoms with Crippen LogP contribution in [0.15, 0.2) is 4.34 Å². The number of nitrogens with zero attached hydrogens (tertiary/aromatic N) is 4. The van der Waals surface area contributed by atoms with Crippen LogP contribution in [0.2, 0.25) is 0 Å². The summed E-state index contributed by atoms with van der Waals surface area (Å²) in [5.74, 6) is 0.264. The van der Waals surface area contributed by atoms with Gasteiger partial charge in [0.15, 0.2) is 4.34 Å². The highest BCUT2D eigenvalue weighted by molar-refractivity contribution is 8.01. The van der Waals surface area contributed by atoms with E-state index in [-0.39, 0.29) is 17.8 Å². The van der Waals surface area contributed by atoms with Crippen LogP contribution in [0.1, 0.15) is 20.3 Å². The molecule has 8 heteroatoms. The second-order valence-corrected chi connectivity index (χ2v) is 6.18. The van der Waals surface area contributed by atoms with Crippen LogP contribution in [0, 0.1) is 11.3 Å². The van der Waals surface area contributed by atoms with Crippen molar-refractivity contribution in [2.24, 2.45) is 0 Å². The minimum Gasteiger partial charge on any atom is -0.466 e. The maximum absolute atomic E-state index is 11.7. The Morgan fingerprint density at radius 3 is 2.95 bits per heavy atom. The van der Waals surface area contributed by atoms with Crippen molar-refractivity contribution >= 4 is 29.0 Å². The van der Waals surface area contributed by atoms with Crippen LogP contribution >= 0.6 is 23.1 Å². The summed E-state index contributed by atoms with van der Waals surface area (Å²) in [7, 11) is 1.69. The molecule has 0 radical (unpaired) electrons. The van der Waals surface area contributed by atoms with E-state index < -0.39 is 0 Å². The van der Waals surface area contributed by atoms with Crippen LogP contribution in [-0.2, 0) is 4.79 Å². The number of rotatable bonds is 7. The van der Waals surface area contributed by atoms with Gasteiger partial charge in [0.1, 0.15) is 0 Å². The molecule has 0 atom stereocenters. The molecule has 0 saturated carbocycles. The van der Waals surface area contributed by atoms with Gasteiger partial charge in [-0.05, 0) is 25.2 Å². The van der Waals surface area contributed by atoms with E-state index in [4.69, 9.17) is 10.00 Å². The summed E-state index contributed by atoms with van der Waals surface area (Å²) in [4.78, 5) is 13.3. The van der Waals surface area contributed by atoms with Gasteiger partial charge in [0.2, 0.25) is 5.91 Å². The molecule has 1 heterocycles. The van der Waals surface area contributed by atoms with Crippen LogP contribution < -0.4 is 4.74 Å². The monoisotopic (exact) mass is 300 g/mol. The van der Waals surface area contributed by atoms with E-state index in [9.17, 15) is 4.79 Å². The Bertz CT molecular complexity index is 456. The average molecular weight is 300 g/mol. The molecule has 0 spiro atoms. The highest BCUT2D eigenvalue weighted by Gasteiger charge is 2.12. The quantitative estimate of drug-likeness (QED) is 0.714. The largest absolute Gasteiger partial charge is 0.466 e. The Morgan fingerprint density at radius 2 is 2.32 bits per heavy atom. The molecule has 0 bridgehead atoms. The van der Waals surface area contributed by atoms with E-state index in [2.05, 4.69) is 10.2 Å². The summed E-state index contributed by atoms with van der Waals surface area (Å²) in [5.41, 5.74) is 0. The Labute approximate surface area is 120 Å². The first-order valence-corrected chi connectivity index (χ1v) is 7.57. The average Bonchev–Trinajstić information content (AvgIpc) is 2.79. The van der Waals surface area contributed by atoms with Crippen molar-refractivity contribution in [1.82, 2.24) is 15.1 Å². The maximum Gasteiger partial charge on any atom is 0.295 e. The lowest BCUT2D eigenvalue weighted by Gasteiger charge is -2.14. The van der Waals surface area contributed by atoms with Crippen LogP contribution in [0.5, 0.6) is 5.19 Å². The molecular weight excluding hydrogens is 284 g/mol.